The van der Waals surface area contributed by atoms with Crippen molar-refractivity contribution in [3.8, 4) is 0 Å². The number of aliphatic hydroxyl groups excluding tert-OH is 7. The second-order valence-corrected chi connectivity index (χ2v) is 18.8. The quantitative estimate of drug-likeness (QED) is 0.131. The number of methoxy groups -OCH3 is 2. The van der Waals surface area contributed by atoms with Crippen LogP contribution in [0.5, 0.6) is 0 Å². The molecule has 0 amide bonds. The van der Waals surface area contributed by atoms with Gasteiger partial charge in [0.1, 0.15) is 36.6 Å². The Kier molecular flexibility index (Phi) is 13.2. The van der Waals surface area contributed by atoms with E-state index in [1.807, 2.05) is 0 Å². The molecule has 8 N–H and O–H groups in total. The molecule has 6 fully saturated rings. The molecule has 1 unspecified atom stereocenters. The molecule has 314 valence electrons. The average molecular weight is 775 g/mol. The molecular formula is C40H70O14. The Morgan fingerprint density at radius 1 is 0.815 bits per heavy atom. The lowest BCUT2D eigenvalue weighted by molar-refractivity contribution is -0.310. The largest absolute Gasteiger partial charge is 0.394 e. The Morgan fingerprint density at radius 3 is 2.17 bits per heavy atom. The number of hydrogen-bond donors (Lipinski definition) is 8. The lowest BCUT2D eigenvalue weighted by Crippen LogP contribution is -2.68. The van der Waals surface area contributed by atoms with Gasteiger partial charge in [0.15, 0.2) is 12.6 Å². The first kappa shape index (κ1) is 43.0. The minimum absolute atomic E-state index is 0.0103. The van der Waals surface area contributed by atoms with Crippen molar-refractivity contribution in [3.05, 3.63) is 0 Å². The summed E-state index contributed by atoms with van der Waals surface area (Å²) in [7, 11) is 2.89. The van der Waals surface area contributed by atoms with Crippen LogP contribution in [0.3, 0.4) is 0 Å². The van der Waals surface area contributed by atoms with Crippen molar-refractivity contribution >= 4 is 0 Å². The summed E-state index contributed by atoms with van der Waals surface area (Å²) in [5.74, 6) is -0.897. The van der Waals surface area contributed by atoms with Crippen molar-refractivity contribution in [2.75, 3.05) is 34.0 Å². The van der Waals surface area contributed by atoms with Gasteiger partial charge in [-0.3, -0.25) is 0 Å². The molecule has 2 heterocycles. The third-order valence-corrected chi connectivity index (χ3v) is 15.6. The first-order valence-electron chi connectivity index (χ1n) is 20.5. The van der Waals surface area contributed by atoms with Crippen LogP contribution >= 0.6 is 0 Å². The summed E-state index contributed by atoms with van der Waals surface area (Å²) in [6.45, 7) is 10.4. The number of aliphatic hydroxyl groups is 8. The number of rotatable bonds is 13. The summed E-state index contributed by atoms with van der Waals surface area (Å²) in [4.78, 5) is 0. The summed E-state index contributed by atoms with van der Waals surface area (Å²) in [6.07, 6.45) is -6.32. The van der Waals surface area contributed by atoms with Crippen molar-refractivity contribution in [3.63, 3.8) is 0 Å². The number of hydrogen-bond acceptors (Lipinski definition) is 14. The molecule has 14 nitrogen and oxygen atoms in total. The van der Waals surface area contributed by atoms with E-state index in [2.05, 4.69) is 34.6 Å². The first-order chi connectivity index (χ1) is 25.5. The van der Waals surface area contributed by atoms with Crippen LogP contribution in [0.15, 0.2) is 0 Å². The van der Waals surface area contributed by atoms with Crippen LogP contribution in [0.25, 0.3) is 0 Å². The van der Waals surface area contributed by atoms with Gasteiger partial charge in [-0.15, -0.1) is 0 Å². The van der Waals surface area contributed by atoms with E-state index in [4.69, 9.17) is 28.4 Å². The maximum atomic E-state index is 12.7. The van der Waals surface area contributed by atoms with E-state index in [1.54, 1.807) is 0 Å². The molecule has 4 saturated carbocycles. The second kappa shape index (κ2) is 16.6. The zero-order chi connectivity index (χ0) is 39.5. The second-order valence-electron chi connectivity index (χ2n) is 18.8. The lowest BCUT2D eigenvalue weighted by Gasteiger charge is -2.65. The van der Waals surface area contributed by atoms with Crippen molar-refractivity contribution in [1.82, 2.24) is 0 Å². The zero-order valence-corrected chi connectivity index (χ0v) is 33.3. The normalized spacial score (nSPS) is 51.8. The fourth-order valence-electron chi connectivity index (χ4n) is 12.6. The smallest absolute Gasteiger partial charge is 0.187 e. The molecule has 0 bridgehead atoms. The Hall–Kier alpha value is -0.560. The highest BCUT2D eigenvalue weighted by Gasteiger charge is 2.72. The van der Waals surface area contributed by atoms with Gasteiger partial charge in [-0.1, -0.05) is 34.6 Å². The molecule has 54 heavy (non-hydrogen) atoms. The molecule has 14 heteroatoms. The van der Waals surface area contributed by atoms with Gasteiger partial charge in [-0.05, 0) is 91.3 Å². The fraction of sp³-hybridized carbons (Fsp3) is 1.00. The summed E-state index contributed by atoms with van der Waals surface area (Å²) in [6, 6.07) is 0. The molecule has 6 aliphatic rings. The predicted octanol–water partition coefficient (Wildman–Crippen LogP) is 0.949. The summed E-state index contributed by atoms with van der Waals surface area (Å²) in [5, 5.41) is 89.8. The highest BCUT2D eigenvalue weighted by molar-refractivity contribution is 5.21. The molecule has 6 rings (SSSR count). The van der Waals surface area contributed by atoms with Crippen LogP contribution in [-0.2, 0) is 28.4 Å². The van der Waals surface area contributed by atoms with E-state index in [-0.39, 0.29) is 60.6 Å². The number of fused-ring (bicyclic) bond motifs is 5. The van der Waals surface area contributed by atoms with E-state index in [0.717, 1.165) is 25.7 Å². The highest BCUT2D eigenvalue weighted by Crippen LogP contribution is 2.70. The monoisotopic (exact) mass is 774 g/mol. The average Bonchev–Trinajstić information content (AvgIpc) is 3.53. The van der Waals surface area contributed by atoms with E-state index in [9.17, 15) is 40.9 Å². The molecule has 0 spiro atoms. The van der Waals surface area contributed by atoms with E-state index < -0.39 is 97.2 Å². The van der Waals surface area contributed by atoms with Crippen molar-refractivity contribution in [2.24, 2.45) is 52.3 Å². The summed E-state index contributed by atoms with van der Waals surface area (Å²) >= 11 is 0. The minimum Gasteiger partial charge on any atom is -0.394 e. The van der Waals surface area contributed by atoms with Gasteiger partial charge < -0.3 is 69.3 Å². The van der Waals surface area contributed by atoms with Gasteiger partial charge >= 0.3 is 0 Å². The third kappa shape index (κ3) is 7.35. The molecule has 4 aliphatic carbocycles. The van der Waals surface area contributed by atoms with Crippen LogP contribution in [-0.4, -0.2) is 154 Å². The summed E-state index contributed by atoms with van der Waals surface area (Å²) in [5.41, 5.74) is -2.26. The maximum absolute atomic E-state index is 12.7. The summed E-state index contributed by atoms with van der Waals surface area (Å²) < 4.78 is 34.9. The molecule has 0 aromatic carbocycles. The van der Waals surface area contributed by atoms with E-state index in [0.29, 0.717) is 19.3 Å². The van der Waals surface area contributed by atoms with Crippen molar-refractivity contribution < 1.29 is 69.3 Å². The standard InChI is InChI=1S/C40H70O14/c1-19(2)21(17-51-37-34(29(44)25(16-41)53-37)54-36-33(50-7)30(45)26(49-6)18-52-36)9-8-20(3)28-31(46)32(47)35-39(28,5)13-11-27-38(4)12-10-22(42)14-23(38)24(43)15-40(27,35)48/h19-37,41-48H,8-18H2,1-7H3/t20-,21?,22+,23-,24+,25+,26-,27-,28+,29+,30+,31-,32-,33-,34-,35-,36+,37-,38+,39-,40+/m1/s1. The van der Waals surface area contributed by atoms with Gasteiger partial charge in [0.2, 0.25) is 0 Å². The van der Waals surface area contributed by atoms with Crippen LogP contribution < -0.4 is 0 Å². The third-order valence-electron chi connectivity index (χ3n) is 15.6. The predicted molar refractivity (Wildman–Crippen MR) is 193 cm³/mol. The van der Waals surface area contributed by atoms with E-state index in [1.165, 1.54) is 14.2 Å². The van der Waals surface area contributed by atoms with Crippen molar-refractivity contribution in [2.45, 2.75) is 165 Å². The van der Waals surface area contributed by atoms with E-state index >= 15 is 0 Å². The number of ether oxygens (including phenoxy) is 6. The van der Waals surface area contributed by atoms with Gasteiger partial charge in [0.25, 0.3) is 0 Å². The molecular weight excluding hydrogens is 704 g/mol. The van der Waals surface area contributed by atoms with Crippen LogP contribution in [0.2, 0.25) is 0 Å². The molecule has 0 aromatic rings. The Morgan fingerprint density at radius 2 is 1.52 bits per heavy atom. The van der Waals surface area contributed by atoms with Crippen LogP contribution in [0, 0.1) is 52.3 Å². The topological polar surface area (TPSA) is 217 Å². The molecule has 0 radical (unpaired) electrons. The Bertz CT molecular complexity index is 1240. The molecule has 21 atom stereocenters. The first-order valence-corrected chi connectivity index (χ1v) is 20.5. The Labute approximate surface area is 320 Å². The van der Waals surface area contributed by atoms with Crippen molar-refractivity contribution in [1.29, 1.82) is 0 Å². The maximum Gasteiger partial charge on any atom is 0.187 e. The highest BCUT2D eigenvalue weighted by atomic mass is 16.8. The molecule has 0 aromatic heterocycles. The van der Waals surface area contributed by atoms with Gasteiger partial charge in [0, 0.05) is 26.6 Å². The lowest BCUT2D eigenvalue weighted by atomic mass is 9.42. The zero-order valence-electron chi connectivity index (χ0n) is 33.3. The van der Waals surface area contributed by atoms with Crippen LogP contribution in [0.1, 0.15) is 86.0 Å². The SMILES string of the molecule is CO[C@H]1[C@H](O[C@H]2[C@H](OCC(CC[C@@H](C)[C@H]3[C@@H](O)[C@@H](O)[C@@H]4[C@]3(C)CC[C@@H]3[C@@]5(C)CC[C@H](O)C[C@@H]5[C@@H](O)C[C@]34O)C(C)C)O[C@@H](CO)[C@@H]2O)OC[C@@H](OC)[C@@H]1O. The minimum atomic E-state index is -1.34. The van der Waals surface area contributed by atoms with Gasteiger partial charge in [-0.2, -0.15) is 0 Å². The van der Waals surface area contributed by atoms with Gasteiger partial charge in [0.05, 0.1) is 49.8 Å². The van der Waals surface area contributed by atoms with Crippen LogP contribution in [0.4, 0.5) is 0 Å². The molecule has 2 saturated heterocycles. The fourth-order valence-corrected chi connectivity index (χ4v) is 12.6. The molecule has 2 aliphatic heterocycles. The van der Waals surface area contributed by atoms with Gasteiger partial charge in [-0.25, -0.2) is 0 Å². The Balaban J connectivity index is 1.11.